The molecule has 23 heavy (non-hydrogen) atoms. The molecule has 0 aliphatic rings. The molecule has 0 aromatic heterocycles. The van der Waals surface area contributed by atoms with E-state index in [0.717, 1.165) is 12.0 Å². The lowest BCUT2D eigenvalue weighted by Crippen LogP contribution is -2.20. The minimum absolute atomic E-state index is 0.0460. The van der Waals surface area contributed by atoms with Gasteiger partial charge in [0.15, 0.2) is 6.61 Å². The fraction of sp³-hybridized carbons (Fsp3) is 0.235. The number of rotatable bonds is 7. The Morgan fingerprint density at radius 1 is 1.22 bits per heavy atom. The molecule has 0 aliphatic heterocycles. The van der Waals surface area contributed by atoms with Crippen molar-refractivity contribution >= 4 is 23.2 Å². The Labute approximate surface area is 139 Å². The van der Waals surface area contributed by atoms with Crippen LogP contribution < -0.4 is 10.1 Å². The van der Waals surface area contributed by atoms with Crippen molar-refractivity contribution in [3.05, 3.63) is 58.9 Å². The molecule has 0 heterocycles. The summed E-state index contributed by atoms with van der Waals surface area (Å²) in [5.74, 6) is -0.288. The monoisotopic (exact) mass is 337 g/mol. The fourth-order valence-electron chi connectivity index (χ4n) is 1.89. The van der Waals surface area contributed by atoms with Gasteiger partial charge in [0.1, 0.15) is 11.6 Å². The van der Waals surface area contributed by atoms with E-state index in [1.54, 1.807) is 19.2 Å². The van der Waals surface area contributed by atoms with Crippen LogP contribution in [0.2, 0.25) is 5.02 Å². The van der Waals surface area contributed by atoms with Crippen LogP contribution in [-0.2, 0) is 16.0 Å². The first-order valence-electron chi connectivity index (χ1n) is 7.04. The Balaban J connectivity index is 1.82. The minimum Gasteiger partial charge on any atom is -0.484 e. The average molecular weight is 338 g/mol. The van der Waals surface area contributed by atoms with E-state index in [4.69, 9.17) is 21.1 Å². The quantitative estimate of drug-likeness (QED) is 0.838. The van der Waals surface area contributed by atoms with Crippen molar-refractivity contribution in [3.8, 4) is 5.75 Å². The number of nitrogens with one attached hydrogen (secondary N) is 1. The molecule has 0 unspecified atom stereocenters. The first-order chi connectivity index (χ1) is 11.1. The van der Waals surface area contributed by atoms with Crippen LogP contribution in [0.3, 0.4) is 0 Å². The highest BCUT2D eigenvalue weighted by Crippen LogP contribution is 2.19. The van der Waals surface area contributed by atoms with E-state index in [1.165, 1.54) is 18.2 Å². The maximum Gasteiger partial charge on any atom is 0.262 e. The molecule has 1 amide bonds. The molecule has 0 saturated heterocycles. The summed E-state index contributed by atoms with van der Waals surface area (Å²) in [5.41, 5.74) is 1.55. The van der Waals surface area contributed by atoms with Crippen molar-refractivity contribution in [3.63, 3.8) is 0 Å². The minimum atomic E-state index is -0.533. The smallest absolute Gasteiger partial charge is 0.262 e. The summed E-state index contributed by atoms with van der Waals surface area (Å²) in [6.45, 7) is 0.509. The zero-order valence-corrected chi connectivity index (χ0v) is 13.4. The highest BCUT2D eigenvalue weighted by atomic mass is 35.5. The Kier molecular flexibility index (Phi) is 6.38. The number of amides is 1. The third-order valence-electron chi connectivity index (χ3n) is 3.09. The van der Waals surface area contributed by atoms with Gasteiger partial charge in [0.2, 0.25) is 0 Å². The second kappa shape index (κ2) is 8.50. The van der Waals surface area contributed by atoms with E-state index in [-0.39, 0.29) is 17.5 Å². The van der Waals surface area contributed by atoms with E-state index < -0.39 is 5.82 Å². The summed E-state index contributed by atoms with van der Waals surface area (Å²) in [6, 6.07) is 11.4. The summed E-state index contributed by atoms with van der Waals surface area (Å²) in [5, 5.41) is 2.54. The van der Waals surface area contributed by atoms with Crippen molar-refractivity contribution < 1.29 is 18.7 Å². The first-order valence-corrected chi connectivity index (χ1v) is 7.42. The third kappa shape index (κ3) is 5.54. The maximum absolute atomic E-state index is 13.0. The Morgan fingerprint density at radius 3 is 2.61 bits per heavy atom. The van der Waals surface area contributed by atoms with Gasteiger partial charge in [-0.3, -0.25) is 4.79 Å². The van der Waals surface area contributed by atoms with Gasteiger partial charge in [0.05, 0.1) is 11.6 Å². The van der Waals surface area contributed by atoms with Crippen LogP contribution in [0.15, 0.2) is 42.5 Å². The van der Waals surface area contributed by atoms with Crippen molar-refractivity contribution in [2.45, 2.75) is 6.42 Å². The van der Waals surface area contributed by atoms with Gasteiger partial charge in [0.25, 0.3) is 5.91 Å². The number of hydrogen-bond donors (Lipinski definition) is 1. The number of carbonyl (C=O) groups excluding carboxylic acids is 1. The van der Waals surface area contributed by atoms with Crippen molar-refractivity contribution in [2.75, 3.05) is 25.6 Å². The lowest BCUT2D eigenvalue weighted by molar-refractivity contribution is -0.118. The third-order valence-corrected chi connectivity index (χ3v) is 3.38. The lowest BCUT2D eigenvalue weighted by atomic mass is 10.1. The molecule has 6 heteroatoms. The van der Waals surface area contributed by atoms with Crippen molar-refractivity contribution in [1.82, 2.24) is 0 Å². The summed E-state index contributed by atoms with van der Waals surface area (Å²) in [6.07, 6.45) is 0.822. The van der Waals surface area contributed by atoms with Crippen molar-refractivity contribution in [2.24, 2.45) is 0 Å². The molecule has 1 N–H and O–H groups in total. The van der Waals surface area contributed by atoms with E-state index in [9.17, 15) is 9.18 Å². The van der Waals surface area contributed by atoms with Gasteiger partial charge >= 0.3 is 0 Å². The molecule has 0 spiro atoms. The Hall–Kier alpha value is -2.11. The molecule has 0 saturated carbocycles. The van der Waals surface area contributed by atoms with Crippen LogP contribution in [-0.4, -0.2) is 26.2 Å². The van der Waals surface area contributed by atoms with Crippen molar-refractivity contribution in [1.29, 1.82) is 0 Å². The normalized spacial score (nSPS) is 10.4. The molecule has 122 valence electrons. The standard InChI is InChI=1S/C17H17ClFNO3/c1-22-9-8-12-2-5-14(6-3-12)23-11-17(21)20-13-4-7-16(19)15(18)10-13/h2-7,10H,8-9,11H2,1H3,(H,20,21). The van der Waals surface area contributed by atoms with Crippen LogP contribution in [0.5, 0.6) is 5.75 Å². The molecule has 2 rings (SSSR count). The van der Waals surface area contributed by atoms with E-state index in [2.05, 4.69) is 5.32 Å². The number of ether oxygens (including phenoxy) is 2. The average Bonchev–Trinajstić information content (AvgIpc) is 2.55. The molecule has 0 fully saturated rings. The summed E-state index contributed by atoms with van der Waals surface area (Å²) in [7, 11) is 1.66. The number of benzene rings is 2. The SMILES string of the molecule is COCCc1ccc(OCC(=O)Nc2ccc(F)c(Cl)c2)cc1. The molecule has 0 aliphatic carbocycles. The molecule has 4 nitrogen and oxygen atoms in total. The molecular formula is C17H17ClFNO3. The van der Waals surface area contributed by atoms with Crippen LogP contribution in [0, 0.1) is 5.82 Å². The van der Waals surface area contributed by atoms with E-state index in [0.29, 0.717) is 18.0 Å². The topological polar surface area (TPSA) is 47.6 Å². The zero-order valence-electron chi connectivity index (χ0n) is 12.6. The highest BCUT2D eigenvalue weighted by Gasteiger charge is 2.06. The molecule has 2 aromatic carbocycles. The second-order valence-electron chi connectivity index (χ2n) is 4.85. The summed E-state index contributed by atoms with van der Waals surface area (Å²) in [4.78, 5) is 11.8. The van der Waals surface area contributed by atoms with Gasteiger partial charge in [-0.1, -0.05) is 23.7 Å². The number of hydrogen-bond acceptors (Lipinski definition) is 3. The molecule has 2 aromatic rings. The van der Waals surface area contributed by atoms with Crippen LogP contribution >= 0.6 is 11.6 Å². The van der Waals surface area contributed by atoms with Crippen LogP contribution in [0.1, 0.15) is 5.56 Å². The van der Waals surface area contributed by atoms with Gasteiger partial charge in [-0.2, -0.15) is 0 Å². The predicted molar refractivity (Wildman–Crippen MR) is 87.6 cm³/mol. The number of anilines is 1. The van der Waals surface area contributed by atoms with Gasteiger partial charge < -0.3 is 14.8 Å². The number of methoxy groups -OCH3 is 1. The zero-order chi connectivity index (χ0) is 16.7. The summed E-state index contributed by atoms with van der Waals surface area (Å²) >= 11 is 5.65. The Bertz CT molecular complexity index is 661. The Morgan fingerprint density at radius 2 is 1.96 bits per heavy atom. The lowest BCUT2D eigenvalue weighted by Gasteiger charge is -2.08. The maximum atomic E-state index is 13.0. The second-order valence-corrected chi connectivity index (χ2v) is 5.26. The molecular weight excluding hydrogens is 321 g/mol. The van der Waals surface area contributed by atoms with Gasteiger partial charge in [-0.05, 0) is 42.3 Å². The van der Waals surface area contributed by atoms with E-state index >= 15 is 0 Å². The van der Waals surface area contributed by atoms with Gasteiger partial charge in [0, 0.05) is 12.8 Å². The molecule has 0 bridgehead atoms. The van der Waals surface area contributed by atoms with E-state index in [1.807, 2.05) is 12.1 Å². The van der Waals surface area contributed by atoms with Crippen LogP contribution in [0.4, 0.5) is 10.1 Å². The molecule has 0 atom stereocenters. The first kappa shape index (κ1) is 17.2. The van der Waals surface area contributed by atoms with Crippen LogP contribution in [0.25, 0.3) is 0 Å². The number of halogens is 2. The molecule has 0 radical (unpaired) electrons. The van der Waals surface area contributed by atoms with Gasteiger partial charge in [-0.15, -0.1) is 0 Å². The number of carbonyl (C=O) groups is 1. The largest absolute Gasteiger partial charge is 0.484 e. The fourth-order valence-corrected chi connectivity index (χ4v) is 2.07. The predicted octanol–water partition coefficient (Wildman–Crippen LogP) is 3.69. The summed E-state index contributed by atoms with van der Waals surface area (Å²) < 4.78 is 23.5. The van der Waals surface area contributed by atoms with Gasteiger partial charge in [-0.25, -0.2) is 4.39 Å². The highest BCUT2D eigenvalue weighted by molar-refractivity contribution is 6.31.